The summed E-state index contributed by atoms with van der Waals surface area (Å²) in [6, 6.07) is 84.6. The number of nitrogens with zero attached hydrogens (tertiary/aromatic N) is 1. The van der Waals surface area contributed by atoms with Gasteiger partial charge in [0.2, 0.25) is 0 Å². The van der Waals surface area contributed by atoms with Gasteiger partial charge in [-0.25, -0.2) is 0 Å². The van der Waals surface area contributed by atoms with Crippen molar-refractivity contribution in [3.05, 3.63) is 247 Å². The molecule has 1 aliphatic rings. The molecule has 0 aromatic heterocycles. The summed E-state index contributed by atoms with van der Waals surface area (Å²) in [7, 11) is 0. The average molecular weight is 752 g/mol. The lowest BCUT2D eigenvalue weighted by Crippen LogP contribution is -2.25. The highest BCUT2D eigenvalue weighted by Gasteiger charge is 2.43. The first-order valence-corrected chi connectivity index (χ1v) is 20.5. The van der Waals surface area contributed by atoms with E-state index in [9.17, 15) is 0 Å². The van der Waals surface area contributed by atoms with Crippen molar-refractivity contribution in [1.82, 2.24) is 0 Å². The minimum Gasteiger partial charge on any atom is -0.310 e. The van der Waals surface area contributed by atoms with Gasteiger partial charge in [0.25, 0.3) is 0 Å². The Bertz CT molecular complexity index is 3130. The molecule has 11 rings (SSSR count). The molecule has 0 spiro atoms. The van der Waals surface area contributed by atoms with Crippen LogP contribution in [0.5, 0.6) is 0 Å². The second-order valence-electron chi connectivity index (χ2n) is 15.7. The van der Waals surface area contributed by atoms with Crippen molar-refractivity contribution < 1.29 is 0 Å². The van der Waals surface area contributed by atoms with Crippen LogP contribution in [0.15, 0.2) is 231 Å². The molecule has 0 aliphatic heterocycles. The standard InChI is InChI=1S/C58H41N/c1-58(44-25-12-5-13-26-44)53-31-17-16-28-49(53)51-30-18-32-54(57(51)58)59(45-35-33-41(34-36-45)40-19-6-2-7-20-40)46-37-38-48-47-27-14-15-29-50(47)55(42-21-8-3-9-22-42)56(52(48)39-46)43-23-10-4-11-24-43/h2-39H,1H3. The smallest absolute Gasteiger partial charge is 0.0512 e. The first-order chi connectivity index (χ1) is 29.2. The van der Waals surface area contributed by atoms with Crippen LogP contribution in [0.4, 0.5) is 17.1 Å². The van der Waals surface area contributed by atoms with E-state index in [-0.39, 0.29) is 0 Å². The summed E-state index contributed by atoms with van der Waals surface area (Å²) in [6.07, 6.45) is 0. The molecule has 0 bridgehead atoms. The second-order valence-corrected chi connectivity index (χ2v) is 15.7. The largest absolute Gasteiger partial charge is 0.310 e. The second kappa shape index (κ2) is 14.2. The minimum absolute atomic E-state index is 0.394. The fraction of sp³-hybridized carbons (Fsp3) is 0.0345. The number of hydrogen-bond acceptors (Lipinski definition) is 1. The van der Waals surface area contributed by atoms with Crippen molar-refractivity contribution in [1.29, 1.82) is 0 Å². The molecule has 1 atom stereocenters. The molecule has 1 nitrogen and oxygen atoms in total. The Hall–Kier alpha value is -7.48. The minimum atomic E-state index is -0.394. The van der Waals surface area contributed by atoms with E-state index < -0.39 is 5.41 Å². The monoisotopic (exact) mass is 751 g/mol. The van der Waals surface area contributed by atoms with Crippen molar-refractivity contribution in [2.45, 2.75) is 12.3 Å². The van der Waals surface area contributed by atoms with Gasteiger partial charge in [-0.05, 0) is 120 Å². The summed E-state index contributed by atoms with van der Waals surface area (Å²) in [5, 5.41) is 4.96. The van der Waals surface area contributed by atoms with Gasteiger partial charge in [-0.15, -0.1) is 0 Å². The fourth-order valence-corrected chi connectivity index (χ4v) is 9.82. The highest BCUT2D eigenvalue weighted by atomic mass is 15.1. The Morgan fingerprint density at radius 3 is 1.51 bits per heavy atom. The first-order valence-electron chi connectivity index (χ1n) is 20.5. The summed E-state index contributed by atoms with van der Waals surface area (Å²) in [5.74, 6) is 0. The fourth-order valence-electron chi connectivity index (χ4n) is 9.82. The zero-order chi connectivity index (χ0) is 39.3. The van der Waals surface area contributed by atoms with Gasteiger partial charge in [-0.1, -0.05) is 200 Å². The van der Waals surface area contributed by atoms with E-state index in [2.05, 4.69) is 242 Å². The van der Waals surface area contributed by atoms with Crippen LogP contribution in [0, 0.1) is 0 Å². The zero-order valence-electron chi connectivity index (χ0n) is 32.9. The summed E-state index contributed by atoms with van der Waals surface area (Å²) < 4.78 is 0. The van der Waals surface area contributed by atoms with Crippen LogP contribution >= 0.6 is 0 Å². The van der Waals surface area contributed by atoms with E-state index in [1.807, 2.05) is 0 Å². The van der Waals surface area contributed by atoms with Gasteiger partial charge in [-0.3, -0.25) is 0 Å². The third-order valence-electron chi connectivity index (χ3n) is 12.5. The first kappa shape index (κ1) is 34.7. The maximum Gasteiger partial charge on any atom is 0.0512 e. The van der Waals surface area contributed by atoms with Gasteiger partial charge in [0, 0.05) is 16.8 Å². The zero-order valence-corrected chi connectivity index (χ0v) is 32.9. The molecule has 0 radical (unpaired) electrons. The molecule has 10 aromatic rings. The van der Waals surface area contributed by atoms with Gasteiger partial charge in [0.1, 0.15) is 0 Å². The van der Waals surface area contributed by atoms with Crippen molar-refractivity contribution in [2.75, 3.05) is 4.90 Å². The van der Waals surface area contributed by atoms with E-state index in [1.165, 1.54) is 88.4 Å². The molecule has 0 amide bonds. The van der Waals surface area contributed by atoms with Crippen LogP contribution in [0.2, 0.25) is 0 Å². The number of anilines is 3. The summed E-state index contributed by atoms with van der Waals surface area (Å²) >= 11 is 0. The van der Waals surface area contributed by atoms with Crippen LogP contribution < -0.4 is 4.90 Å². The predicted octanol–water partition coefficient (Wildman–Crippen LogP) is 15.8. The molecule has 10 aromatic carbocycles. The molecule has 0 N–H and O–H groups in total. The molecule has 1 aliphatic carbocycles. The molecular weight excluding hydrogens is 711 g/mol. The van der Waals surface area contributed by atoms with Gasteiger partial charge in [-0.2, -0.15) is 0 Å². The van der Waals surface area contributed by atoms with Gasteiger partial charge in [0.05, 0.1) is 5.69 Å². The Morgan fingerprint density at radius 1 is 0.339 bits per heavy atom. The molecule has 0 saturated carbocycles. The summed E-state index contributed by atoms with van der Waals surface area (Å²) in [5.41, 5.74) is 16.8. The Kier molecular flexibility index (Phi) is 8.34. The van der Waals surface area contributed by atoms with Crippen molar-refractivity contribution >= 4 is 38.6 Å². The van der Waals surface area contributed by atoms with E-state index in [0.29, 0.717) is 0 Å². The lowest BCUT2D eigenvalue weighted by Gasteiger charge is -2.35. The molecule has 1 heteroatoms. The van der Waals surface area contributed by atoms with Crippen LogP contribution in [0.3, 0.4) is 0 Å². The van der Waals surface area contributed by atoms with Gasteiger partial charge in [0.15, 0.2) is 0 Å². The average Bonchev–Trinajstić information content (AvgIpc) is 3.59. The predicted molar refractivity (Wildman–Crippen MR) is 250 cm³/mol. The van der Waals surface area contributed by atoms with Crippen LogP contribution in [-0.4, -0.2) is 0 Å². The quantitative estimate of drug-likeness (QED) is 0.147. The SMILES string of the molecule is CC1(c2ccccc2)c2ccccc2-c2cccc(N(c3ccc(-c4ccccc4)cc3)c3ccc4c(c3)c(-c3ccccc3)c(-c3ccccc3)c3ccccc34)c21. The Balaban J connectivity index is 1.23. The third kappa shape index (κ3) is 5.62. The maximum absolute atomic E-state index is 2.51. The van der Waals surface area contributed by atoms with Crippen molar-refractivity contribution in [3.8, 4) is 44.5 Å². The maximum atomic E-state index is 2.51. The highest BCUT2D eigenvalue weighted by Crippen LogP contribution is 2.57. The van der Waals surface area contributed by atoms with Crippen LogP contribution in [0.1, 0.15) is 23.6 Å². The number of rotatable bonds is 7. The third-order valence-corrected chi connectivity index (χ3v) is 12.5. The highest BCUT2D eigenvalue weighted by molar-refractivity contribution is 6.22. The van der Waals surface area contributed by atoms with E-state index in [4.69, 9.17) is 0 Å². The summed E-state index contributed by atoms with van der Waals surface area (Å²) in [4.78, 5) is 2.51. The molecule has 1 unspecified atom stereocenters. The van der Waals surface area contributed by atoms with E-state index in [1.54, 1.807) is 0 Å². The topological polar surface area (TPSA) is 3.24 Å². The Labute approximate surface area is 346 Å². The number of fused-ring (bicyclic) bond motifs is 6. The number of benzene rings is 10. The van der Waals surface area contributed by atoms with E-state index >= 15 is 0 Å². The van der Waals surface area contributed by atoms with Crippen LogP contribution in [0.25, 0.3) is 66.1 Å². The van der Waals surface area contributed by atoms with E-state index in [0.717, 1.165) is 11.4 Å². The van der Waals surface area contributed by atoms with Gasteiger partial charge < -0.3 is 4.90 Å². The molecule has 0 fully saturated rings. The summed E-state index contributed by atoms with van der Waals surface area (Å²) in [6.45, 7) is 2.42. The molecule has 0 saturated heterocycles. The van der Waals surface area contributed by atoms with Crippen molar-refractivity contribution in [2.24, 2.45) is 0 Å². The Morgan fingerprint density at radius 2 is 0.831 bits per heavy atom. The van der Waals surface area contributed by atoms with Crippen molar-refractivity contribution in [3.63, 3.8) is 0 Å². The van der Waals surface area contributed by atoms with Crippen LogP contribution in [-0.2, 0) is 5.41 Å². The molecule has 278 valence electrons. The normalized spacial score (nSPS) is 14.3. The molecule has 0 heterocycles. The molecule has 59 heavy (non-hydrogen) atoms. The lowest BCUT2D eigenvalue weighted by atomic mass is 9.73. The molecular formula is C58H41N. The van der Waals surface area contributed by atoms with Gasteiger partial charge >= 0.3 is 0 Å². The number of hydrogen-bond donors (Lipinski definition) is 0. The lowest BCUT2D eigenvalue weighted by molar-refractivity contribution is 0.714.